The van der Waals surface area contributed by atoms with Crippen LogP contribution in [0.4, 0.5) is 4.79 Å². The lowest BCUT2D eigenvalue weighted by Crippen LogP contribution is -2.36. The Morgan fingerprint density at radius 1 is 1.30 bits per heavy atom. The SMILES string of the molecule is Cn1ccc2c(-c3noc([C@@H]4CCCN4C(=O)OC(C)(C)C)n3)cccc21. The molecule has 1 amide bonds. The van der Waals surface area contributed by atoms with Crippen molar-refractivity contribution in [2.75, 3.05) is 6.54 Å². The standard InChI is InChI=1S/C20H24N4O3/c1-20(2,3)26-19(25)24-11-6-9-16(24)18-21-17(22-27-18)14-7-5-8-15-13(14)10-12-23(15)4/h5,7-8,10,12,16H,6,9,11H2,1-4H3/t16-/m0/s1. The first-order chi connectivity index (χ1) is 12.8. The van der Waals surface area contributed by atoms with Crippen LogP contribution < -0.4 is 0 Å². The normalized spacial score (nSPS) is 17.6. The average Bonchev–Trinajstić information content (AvgIpc) is 3.32. The Labute approximate surface area is 157 Å². The van der Waals surface area contributed by atoms with Gasteiger partial charge in [0.1, 0.15) is 11.6 Å². The lowest BCUT2D eigenvalue weighted by atomic mass is 10.1. The fraction of sp³-hybridized carbons (Fsp3) is 0.450. The summed E-state index contributed by atoms with van der Waals surface area (Å²) in [5, 5.41) is 5.26. The van der Waals surface area contributed by atoms with Gasteiger partial charge in [-0.15, -0.1) is 0 Å². The average molecular weight is 368 g/mol. The number of hydrogen-bond donors (Lipinski definition) is 0. The smallest absolute Gasteiger partial charge is 0.410 e. The van der Waals surface area contributed by atoms with E-state index in [2.05, 4.69) is 20.8 Å². The molecule has 1 aromatic carbocycles. The molecule has 0 aliphatic carbocycles. The van der Waals surface area contributed by atoms with Crippen LogP contribution in [-0.4, -0.2) is 37.8 Å². The van der Waals surface area contributed by atoms with Crippen molar-refractivity contribution in [3.63, 3.8) is 0 Å². The number of likely N-dealkylation sites (tertiary alicyclic amines) is 1. The van der Waals surface area contributed by atoms with E-state index in [0.29, 0.717) is 18.3 Å². The van der Waals surface area contributed by atoms with Gasteiger partial charge in [0, 0.05) is 36.3 Å². The van der Waals surface area contributed by atoms with E-state index in [0.717, 1.165) is 29.3 Å². The summed E-state index contributed by atoms with van der Waals surface area (Å²) < 4.78 is 13.1. The minimum Gasteiger partial charge on any atom is -0.444 e. The van der Waals surface area contributed by atoms with Crippen LogP contribution in [0.1, 0.15) is 45.5 Å². The minimum atomic E-state index is -0.535. The number of fused-ring (bicyclic) bond motifs is 1. The van der Waals surface area contributed by atoms with E-state index >= 15 is 0 Å². The second kappa shape index (κ2) is 6.40. The van der Waals surface area contributed by atoms with Crippen LogP contribution in [0.25, 0.3) is 22.3 Å². The number of hydrogen-bond acceptors (Lipinski definition) is 5. The maximum absolute atomic E-state index is 12.5. The topological polar surface area (TPSA) is 73.4 Å². The van der Waals surface area contributed by atoms with E-state index in [1.165, 1.54) is 0 Å². The van der Waals surface area contributed by atoms with Crippen molar-refractivity contribution in [3.8, 4) is 11.4 Å². The van der Waals surface area contributed by atoms with Crippen LogP contribution >= 0.6 is 0 Å². The molecule has 27 heavy (non-hydrogen) atoms. The molecule has 0 unspecified atom stereocenters. The molecular formula is C20H24N4O3. The van der Waals surface area contributed by atoms with Crippen LogP contribution in [0.2, 0.25) is 0 Å². The summed E-state index contributed by atoms with van der Waals surface area (Å²) >= 11 is 0. The first-order valence-corrected chi connectivity index (χ1v) is 9.21. The molecule has 0 bridgehead atoms. The molecule has 0 spiro atoms. The largest absolute Gasteiger partial charge is 0.444 e. The number of nitrogens with zero attached hydrogens (tertiary/aromatic N) is 4. The molecule has 3 heterocycles. The van der Waals surface area contributed by atoms with Crippen LogP contribution in [0.15, 0.2) is 35.0 Å². The number of rotatable bonds is 2. The van der Waals surface area contributed by atoms with Gasteiger partial charge in [-0.05, 0) is 45.7 Å². The van der Waals surface area contributed by atoms with Crippen molar-refractivity contribution >= 4 is 17.0 Å². The van der Waals surface area contributed by atoms with Crippen molar-refractivity contribution in [2.45, 2.75) is 45.3 Å². The number of benzene rings is 1. The van der Waals surface area contributed by atoms with Gasteiger partial charge in [0.15, 0.2) is 0 Å². The Hall–Kier alpha value is -2.83. The van der Waals surface area contributed by atoms with Crippen LogP contribution in [0.5, 0.6) is 0 Å². The molecule has 4 rings (SSSR count). The molecule has 142 valence electrons. The van der Waals surface area contributed by atoms with Crippen LogP contribution in [0.3, 0.4) is 0 Å². The molecule has 1 fully saturated rings. The summed E-state index contributed by atoms with van der Waals surface area (Å²) in [6.45, 7) is 6.22. The maximum atomic E-state index is 12.5. The lowest BCUT2D eigenvalue weighted by molar-refractivity contribution is 0.0199. The number of aromatic nitrogens is 3. The second-order valence-electron chi connectivity index (χ2n) is 7.95. The van der Waals surface area contributed by atoms with Crippen molar-refractivity contribution < 1.29 is 14.1 Å². The van der Waals surface area contributed by atoms with Gasteiger partial charge < -0.3 is 13.8 Å². The lowest BCUT2D eigenvalue weighted by Gasteiger charge is -2.26. The van der Waals surface area contributed by atoms with Crippen LogP contribution in [-0.2, 0) is 11.8 Å². The maximum Gasteiger partial charge on any atom is 0.410 e. The zero-order valence-corrected chi connectivity index (χ0v) is 16.1. The van der Waals surface area contributed by atoms with Gasteiger partial charge in [0.2, 0.25) is 11.7 Å². The van der Waals surface area contributed by atoms with E-state index in [1.54, 1.807) is 4.90 Å². The third kappa shape index (κ3) is 3.29. The van der Waals surface area contributed by atoms with E-state index in [4.69, 9.17) is 9.26 Å². The molecule has 7 heteroatoms. The predicted octanol–water partition coefficient (Wildman–Crippen LogP) is 4.30. The highest BCUT2D eigenvalue weighted by atomic mass is 16.6. The van der Waals surface area contributed by atoms with Gasteiger partial charge in [0.05, 0.1) is 0 Å². The fourth-order valence-corrected chi connectivity index (χ4v) is 3.54. The summed E-state index contributed by atoms with van der Waals surface area (Å²) in [7, 11) is 2.00. The molecule has 0 radical (unpaired) electrons. The van der Waals surface area contributed by atoms with Crippen LogP contribution in [0, 0.1) is 0 Å². The molecule has 1 aliphatic rings. The molecular weight excluding hydrogens is 344 g/mol. The molecule has 2 aromatic heterocycles. The van der Waals surface area contributed by atoms with E-state index in [9.17, 15) is 4.79 Å². The molecule has 0 N–H and O–H groups in total. The Morgan fingerprint density at radius 3 is 2.89 bits per heavy atom. The van der Waals surface area contributed by atoms with Gasteiger partial charge in [0.25, 0.3) is 0 Å². The first kappa shape index (κ1) is 17.6. The van der Waals surface area contributed by atoms with Crippen molar-refractivity contribution in [2.24, 2.45) is 7.05 Å². The Kier molecular flexibility index (Phi) is 4.17. The van der Waals surface area contributed by atoms with Gasteiger partial charge in [-0.2, -0.15) is 4.98 Å². The Bertz CT molecular complexity index is 983. The summed E-state index contributed by atoms with van der Waals surface area (Å²) in [6, 6.07) is 7.83. The third-order valence-electron chi connectivity index (χ3n) is 4.78. The molecule has 1 atom stereocenters. The summed E-state index contributed by atoms with van der Waals surface area (Å²) in [4.78, 5) is 18.8. The van der Waals surface area contributed by atoms with Crippen molar-refractivity contribution in [3.05, 3.63) is 36.4 Å². The fourth-order valence-electron chi connectivity index (χ4n) is 3.54. The van der Waals surface area contributed by atoms with Crippen molar-refractivity contribution in [1.82, 2.24) is 19.6 Å². The van der Waals surface area contributed by atoms with Gasteiger partial charge in [-0.3, -0.25) is 4.90 Å². The molecule has 3 aromatic rings. The first-order valence-electron chi connectivity index (χ1n) is 9.21. The van der Waals surface area contributed by atoms with Crippen molar-refractivity contribution in [1.29, 1.82) is 0 Å². The number of carbonyl (C=O) groups is 1. The number of aryl methyl sites for hydroxylation is 1. The molecule has 1 aliphatic heterocycles. The highest BCUT2D eigenvalue weighted by molar-refractivity contribution is 5.93. The third-order valence-corrected chi connectivity index (χ3v) is 4.78. The van der Waals surface area contributed by atoms with Gasteiger partial charge in [-0.1, -0.05) is 17.3 Å². The monoisotopic (exact) mass is 368 g/mol. The number of ether oxygens (including phenoxy) is 1. The Morgan fingerprint density at radius 2 is 2.11 bits per heavy atom. The Balaban J connectivity index is 1.63. The summed E-state index contributed by atoms with van der Waals surface area (Å²) in [5.41, 5.74) is 1.49. The summed E-state index contributed by atoms with van der Waals surface area (Å²) in [6.07, 6.45) is 3.35. The second-order valence-corrected chi connectivity index (χ2v) is 7.95. The molecule has 0 saturated carbocycles. The number of carbonyl (C=O) groups excluding carboxylic acids is 1. The van der Waals surface area contributed by atoms with E-state index in [1.807, 2.05) is 52.2 Å². The minimum absolute atomic E-state index is 0.240. The van der Waals surface area contributed by atoms with Gasteiger partial charge >= 0.3 is 6.09 Å². The highest BCUT2D eigenvalue weighted by Gasteiger charge is 2.36. The zero-order valence-electron chi connectivity index (χ0n) is 16.1. The molecule has 7 nitrogen and oxygen atoms in total. The predicted molar refractivity (Wildman–Crippen MR) is 101 cm³/mol. The summed E-state index contributed by atoms with van der Waals surface area (Å²) in [5.74, 6) is 0.999. The van der Waals surface area contributed by atoms with Gasteiger partial charge in [-0.25, -0.2) is 4.79 Å². The van der Waals surface area contributed by atoms with E-state index < -0.39 is 5.60 Å². The highest BCUT2D eigenvalue weighted by Crippen LogP contribution is 2.34. The number of amides is 1. The quantitative estimate of drug-likeness (QED) is 0.674. The van der Waals surface area contributed by atoms with E-state index in [-0.39, 0.29) is 12.1 Å². The zero-order chi connectivity index (χ0) is 19.2. The molecule has 1 saturated heterocycles.